The zero-order valence-electron chi connectivity index (χ0n) is 5.39. The van der Waals surface area contributed by atoms with Gasteiger partial charge < -0.3 is 10.6 Å². The summed E-state index contributed by atoms with van der Waals surface area (Å²) < 4.78 is 0. The van der Waals surface area contributed by atoms with E-state index in [9.17, 15) is 0 Å². The van der Waals surface area contributed by atoms with Crippen molar-refractivity contribution < 1.29 is 0 Å². The van der Waals surface area contributed by atoms with Gasteiger partial charge in [-0.15, -0.1) is 0 Å². The first kappa shape index (κ1) is 7.45. The molecule has 0 saturated carbocycles. The molecule has 0 saturated heterocycles. The fourth-order valence-corrected chi connectivity index (χ4v) is 0.316. The van der Waals surface area contributed by atoms with E-state index in [0.29, 0.717) is 12.5 Å². The van der Waals surface area contributed by atoms with Gasteiger partial charge in [0.2, 0.25) is 6.54 Å². The van der Waals surface area contributed by atoms with Gasteiger partial charge in [-0.05, 0) is 5.92 Å². The Morgan fingerprint density at radius 3 is 2.25 bits per heavy atom. The standard InChI is InChI=1S/C6H12N2/c1-5(2)6(7)4-8-3/h5-6H,4,7H2,1-2H3/t6-/m0/s1. The molecule has 0 aromatic carbocycles. The summed E-state index contributed by atoms with van der Waals surface area (Å²) in [5.74, 6) is 0.434. The summed E-state index contributed by atoms with van der Waals surface area (Å²) in [7, 11) is 0. The van der Waals surface area contributed by atoms with Crippen LogP contribution in [-0.2, 0) is 0 Å². The molecule has 0 rings (SSSR count). The largest absolute Gasteiger partial charge is 0.321 e. The Balaban J connectivity index is 3.35. The van der Waals surface area contributed by atoms with Crippen molar-refractivity contribution in [1.82, 2.24) is 0 Å². The number of rotatable bonds is 2. The van der Waals surface area contributed by atoms with Crippen molar-refractivity contribution in [3.63, 3.8) is 0 Å². The molecule has 0 fully saturated rings. The molecule has 2 nitrogen and oxygen atoms in total. The highest BCUT2D eigenvalue weighted by Crippen LogP contribution is 1.96. The summed E-state index contributed by atoms with van der Waals surface area (Å²) in [5, 5.41) is 0. The summed E-state index contributed by atoms with van der Waals surface area (Å²) in [6, 6.07) is 0.0625. The molecule has 8 heavy (non-hydrogen) atoms. The Morgan fingerprint density at radius 1 is 1.62 bits per heavy atom. The predicted octanol–water partition coefficient (Wildman–Crippen LogP) is 0.889. The van der Waals surface area contributed by atoms with E-state index in [2.05, 4.69) is 4.85 Å². The molecule has 0 unspecified atom stereocenters. The van der Waals surface area contributed by atoms with Crippen molar-refractivity contribution in [3.05, 3.63) is 11.4 Å². The molecule has 1 atom stereocenters. The number of hydrogen-bond acceptors (Lipinski definition) is 1. The van der Waals surface area contributed by atoms with Crippen LogP contribution in [0.5, 0.6) is 0 Å². The third kappa shape index (κ3) is 2.59. The smallest absolute Gasteiger partial charge is 0.229 e. The van der Waals surface area contributed by atoms with E-state index in [1.807, 2.05) is 13.8 Å². The maximum atomic E-state index is 6.47. The summed E-state index contributed by atoms with van der Waals surface area (Å²) in [5.41, 5.74) is 5.51. The molecule has 0 radical (unpaired) electrons. The topological polar surface area (TPSA) is 30.4 Å². The Kier molecular flexibility index (Phi) is 3.21. The average Bonchev–Trinajstić information content (AvgIpc) is 1.67. The van der Waals surface area contributed by atoms with E-state index < -0.39 is 0 Å². The summed E-state index contributed by atoms with van der Waals surface area (Å²) in [4.78, 5) is 3.18. The highest BCUT2D eigenvalue weighted by Gasteiger charge is 2.08. The predicted molar refractivity (Wildman–Crippen MR) is 34.3 cm³/mol. The monoisotopic (exact) mass is 112 g/mol. The molecule has 0 aromatic heterocycles. The molecule has 0 aromatic rings. The second-order valence-electron chi connectivity index (χ2n) is 2.25. The molecule has 0 aliphatic carbocycles. The Morgan fingerprint density at radius 2 is 2.12 bits per heavy atom. The molecule has 0 heterocycles. The van der Waals surface area contributed by atoms with Crippen LogP contribution in [0.15, 0.2) is 0 Å². The minimum Gasteiger partial charge on any atom is -0.321 e. The van der Waals surface area contributed by atoms with Crippen LogP contribution in [0.4, 0.5) is 0 Å². The summed E-state index contributed by atoms with van der Waals surface area (Å²) >= 11 is 0. The van der Waals surface area contributed by atoms with E-state index in [4.69, 9.17) is 12.3 Å². The van der Waals surface area contributed by atoms with Crippen LogP contribution >= 0.6 is 0 Å². The van der Waals surface area contributed by atoms with Crippen molar-refractivity contribution in [2.24, 2.45) is 11.7 Å². The lowest BCUT2D eigenvalue weighted by atomic mass is 10.1. The van der Waals surface area contributed by atoms with Gasteiger partial charge in [0.25, 0.3) is 0 Å². The first-order valence-electron chi connectivity index (χ1n) is 2.77. The van der Waals surface area contributed by atoms with Gasteiger partial charge in [-0.1, -0.05) is 13.8 Å². The molecule has 0 aliphatic heterocycles. The maximum absolute atomic E-state index is 6.47. The zero-order valence-corrected chi connectivity index (χ0v) is 5.39. The van der Waals surface area contributed by atoms with E-state index >= 15 is 0 Å². The van der Waals surface area contributed by atoms with Crippen LogP contribution in [0.2, 0.25) is 0 Å². The maximum Gasteiger partial charge on any atom is 0.229 e. The van der Waals surface area contributed by atoms with Crippen molar-refractivity contribution in [2.45, 2.75) is 19.9 Å². The van der Waals surface area contributed by atoms with Gasteiger partial charge in [0, 0.05) is 0 Å². The number of nitrogens with zero attached hydrogens (tertiary/aromatic N) is 1. The highest BCUT2D eigenvalue weighted by atomic mass is 14.8. The van der Waals surface area contributed by atoms with Gasteiger partial charge in [-0.2, -0.15) is 0 Å². The molecule has 0 bridgehead atoms. The van der Waals surface area contributed by atoms with Gasteiger partial charge in [0.15, 0.2) is 0 Å². The second-order valence-corrected chi connectivity index (χ2v) is 2.25. The minimum absolute atomic E-state index is 0.0625. The van der Waals surface area contributed by atoms with E-state index in [-0.39, 0.29) is 6.04 Å². The molecule has 0 spiro atoms. The van der Waals surface area contributed by atoms with Crippen LogP contribution in [0, 0.1) is 12.5 Å². The van der Waals surface area contributed by atoms with Crippen LogP contribution in [-0.4, -0.2) is 12.6 Å². The Labute approximate surface area is 50.5 Å². The van der Waals surface area contributed by atoms with E-state index in [1.165, 1.54) is 0 Å². The summed E-state index contributed by atoms with van der Waals surface area (Å²) in [6.07, 6.45) is 0. The van der Waals surface area contributed by atoms with Gasteiger partial charge in [0.1, 0.15) is 0 Å². The molecule has 2 heteroatoms. The average molecular weight is 112 g/mol. The van der Waals surface area contributed by atoms with Crippen molar-refractivity contribution in [2.75, 3.05) is 6.54 Å². The Hall–Kier alpha value is -0.550. The molecule has 2 N–H and O–H groups in total. The lowest BCUT2D eigenvalue weighted by Gasteiger charge is -2.06. The SMILES string of the molecule is [C-]#[N+]C[C@H](N)C(C)C. The molecule has 46 valence electrons. The van der Waals surface area contributed by atoms with Crippen LogP contribution < -0.4 is 5.73 Å². The molecule has 0 aliphatic rings. The minimum atomic E-state index is 0.0625. The van der Waals surface area contributed by atoms with Crippen LogP contribution in [0.25, 0.3) is 4.85 Å². The first-order valence-corrected chi connectivity index (χ1v) is 2.77. The van der Waals surface area contributed by atoms with Crippen molar-refractivity contribution in [3.8, 4) is 0 Å². The van der Waals surface area contributed by atoms with Crippen LogP contribution in [0.3, 0.4) is 0 Å². The van der Waals surface area contributed by atoms with E-state index in [1.54, 1.807) is 0 Å². The van der Waals surface area contributed by atoms with Gasteiger partial charge in [0.05, 0.1) is 6.04 Å². The lowest BCUT2D eigenvalue weighted by molar-refractivity contribution is 0.520. The zero-order chi connectivity index (χ0) is 6.57. The van der Waals surface area contributed by atoms with Crippen LogP contribution in [0.1, 0.15) is 13.8 Å². The molecular weight excluding hydrogens is 100 g/mol. The third-order valence-electron chi connectivity index (χ3n) is 1.16. The van der Waals surface area contributed by atoms with Crippen molar-refractivity contribution >= 4 is 0 Å². The van der Waals surface area contributed by atoms with Crippen molar-refractivity contribution in [1.29, 1.82) is 0 Å². The van der Waals surface area contributed by atoms with Gasteiger partial charge in [-0.25, -0.2) is 6.57 Å². The van der Waals surface area contributed by atoms with Gasteiger partial charge >= 0.3 is 0 Å². The molecule has 0 amide bonds. The normalized spacial score (nSPS) is 13.4. The fraction of sp³-hybridized carbons (Fsp3) is 0.833. The quantitative estimate of drug-likeness (QED) is 0.528. The van der Waals surface area contributed by atoms with E-state index in [0.717, 1.165) is 0 Å². The fourth-order valence-electron chi connectivity index (χ4n) is 0.316. The Bertz CT molecular complexity index is 91.2. The number of nitrogens with two attached hydrogens (primary N) is 1. The second kappa shape index (κ2) is 3.45. The highest BCUT2D eigenvalue weighted by molar-refractivity contribution is 4.74. The van der Waals surface area contributed by atoms with Gasteiger partial charge in [-0.3, -0.25) is 0 Å². The third-order valence-corrected chi connectivity index (χ3v) is 1.16. The summed E-state index contributed by atoms with van der Waals surface area (Å²) in [6.45, 7) is 11.0. The molecular formula is C6H12N2. The lowest BCUT2D eigenvalue weighted by Crippen LogP contribution is -2.28. The first-order chi connectivity index (χ1) is 3.68. The number of hydrogen-bond donors (Lipinski definition) is 1.